The second kappa shape index (κ2) is 6.24. The number of carbonyl (C=O) groups excluding carboxylic acids is 1. The largest absolute Gasteiger partial charge is 0.469 e. The zero-order valence-electron chi connectivity index (χ0n) is 9.03. The van der Waals surface area contributed by atoms with Crippen molar-refractivity contribution in [2.24, 2.45) is 5.73 Å². The average Bonchev–Trinajstić information content (AvgIpc) is 2.66. The molecule has 1 unspecified atom stereocenters. The minimum absolute atomic E-state index is 0.0482. The molecular weight excluding hydrogens is 192 g/mol. The Morgan fingerprint density at radius 3 is 3.07 bits per heavy atom. The van der Waals surface area contributed by atoms with Gasteiger partial charge in [0, 0.05) is 25.4 Å². The molecule has 3 N–H and O–H groups in total. The van der Waals surface area contributed by atoms with Crippen molar-refractivity contribution in [1.82, 2.24) is 5.32 Å². The maximum Gasteiger partial charge on any atom is 0.220 e. The number of amides is 1. The molecule has 0 aliphatic carbocycles. The first-order valence-corrected chi connectivity index (χ1v) is 5.23. The average molecular weight is 210 g/mol. The summed E-state index contributed by atoms with van der Waals surface area (Å²) in [6, 6.07) is 3.83. The Morgan fingerprint density at radius 2 is 2.47 bits per heavy atom. The van der Waals surface area contributed by atoms with E-state index < -0.39 is 0 Å². The van der Waals surface area contributed by atoms with E-state index in [4.69, 9.17) is 10.2 Å². The van der Waals surface area contributed by atoms with E-state index in [2.05, 4.69) is 5.32 Å². The number of hydrogen-bond donors (Lipinski definition) is 2. The van der Waals surface area contributed by atoms with E-state index >= 15 is 0 Å². The first-order valence-electron chi connectivity index (χ1n) is 5.23. The van der Waals surface area contributed by atoms with Crippen molar-refractivity contribution in [1.29, 1.82) is 0 Å². The van der Waals surface area contributed by atoms with Gasteiger partial charge in [0.1, 0.15) is 5.76 Å². The molecule has 1 atom stereocenters. The van der Waals surface area contributed by atoms with Gasteiger partial charge in [-0.2, -0.15) is 0 Å². The molecule has 4 nitrogen and oxygen atoms in total. The molecule has 0 radical (unpaired) electrons. The number of hydrogen-bond acceptors (Lipinski definition) is 3. The molecule has 15 heavy (non-hydrogen) atoms. The maximum atomic E-state index is 11.3. The van der Waals surface area contributed by atoms with Crippen molar-refractivity contribution in [3.05, 3.63) is 24.2 Å². The Kier molecular flexibility index (Phi) is 4.90. The van der Waals surface area contributed by atoms with Crippen LogP contribution in [-0.4, -0.2) is 18.5 Å². The van der Waals surface area contributed by atoms with Crippen molar-refractivity contribution in [2.75, 3.05) is 6.54 Å². The molecule has 0 saturated carbocycles. The molecule has 0 spiro atoms. The molecule has 0 aliphatic heterocycles. The summed E-state index contributed by atoms with van der Waals surface area (Å²) in [6.07, 6.45) is 3.54. The SMILES string of the molecule is CC(N)CCNC(=O)CCc1ccco1. The number of carbonyl (C=O) groups is 1. The van der Waals surface area contributed by atoms with Crippen LogP contribution < -0.4 is 11.1 Å². The highest BCUT2D eigenvalue weighted by atomic mass is 16.3. The number of nitrogens with two attached hydrogens (primary N) is 1. The van der Waals surface area contributed by atoms with Crippen molar-refractivity contribution in [2.45, 2.75) is 32.2 Å². The standard InChI is InChI=1S/C11H18N2O2/c1-9(12)6-7-13-11(14)5-4-10-3-2-8-15-10/h2-3,8-9H,4-7,12H2,1H3,(H,13,14). The Bertz CT molecular complexity index is 281. The van der Waals surface area contributed by atoms with Crippen molar-refractivity contribution < 1.29 is 9.21 Å². The zero-order chi connectivity index (χ0) is 11.1. The normalized spacial score (nSPS) is 12.4. The highest BCUT2D eigenvalue weighted by Gasteiger charge is 2.03. The van der Waals surface area contributed by atoms with Crippen LogP contribution in [-0.2, 0) is 11.2 Å². The Hall–Kier alpha value is -1.29. The van der Waals surface area contributed by atoms with Gasteiger partial charge in [-0.1, -0.05) is 0 Å². The molecule has 0 aromatic carbocycles. The summed E-state index contributed by atoms with van der Waals surface area (Å²) in [5, 5.41) is 2.82. The van der Waals surface area contributed by atoms with Crippen LogP contribution >= 0.6 is 0 Å². The van der Waals surface area contributed by atoms with Gasteiger partial charge in [-0.05, 0) is 25.5 Å². The van der Waals surface area contributed by atoms with Gasteiger partial charge in [0.05, 0.1) is 6.26 Å². The molecular formula is C11H18N2O2. The van der Waals surface area contributed by atoms with E-state index in [-0.39, 0.29) is 11.9 Å². The molecule has 0 fully saturated rings. The molecule has 4 heteroatoms. The summed E-state index contributed by atoms with van der Waals surface area (Å²) in [4.78, 5) is 11.3. The molecule has 0 bridgehead atoms. The summed E-state index contributed by atoms with van der Waals surface area (Å²) in [7, 11) is 0. The third-order valence-electron chi connectivity index (χ3n) is 2.10. The minimum atomic E-state index is 0.0482. The van der Waals surface area contributed by atoms with Gasteiger partial charge >= 0.3 is 0 Å². The minimum Gasteiger partial charge on any atom is -0.469 e. The van der Waals surface area contributed by atoms with Crippen LogP contribution in [0, 0.1) is 0 Å². The molecule has 1 amide bonds. The molecule has 0 saturated heterocycles. The topological polar surface area (TPSA) is 68.3 Å². The van der Waals surface area contributed by atoms with Gasteiger partial charge in [0.25, 0.3) is 0 Å². The quantitative estimate of drug-likeness (QED) is 0.737. The van der Waals surface area contributed by atoms with E-state index in [9.17, 15) is 4.79 Å². The van der Waals surface area contributed by atoms with Gasteiger partial charge in [0.2, 0.25) is 5.91 Å². The fourth-order valence-corrected chi connectivity index (χ4v) is 1.22. The Balaban J connectivity index is 2.09. The Morgan fingerprint density at radius 1 is 1.67 bits per heavy atom. The van der Waals surface area contributed by atoms with Crippen LogP contribution in [0.3, 0.4) is 0 Å². The number of rotatable bonds is 6. The fourth-order valence-electron chi connectivity index (χ4n) is 1.22. The van der Waals surface area contributed by atoms with Crippen LogP contribution in [0.1, 0.15) is 25.5 Å². The lowest BCUT2D eigenvalue weighted by Gasteiger charge is -2.06. The van der Waals surface area contributed by atoms with Gasteiger partial charge in [-0.15, -0.1) is 0 Å². The molecule has 0 aliphatic rings. The third-order valence-corrected chi connectivity index (χ3v) is 2.10. The molecule has 1 aromatic rings. The van der Waals surface area contributed by atoms with E-state index in [1.165, 1.54) is 0 Å². The van der Waals surface area contributed by atoms with Crippen LogP contribution in [0.2, 0.25) is 0 Å². The molecule has 1 aromatic heterocycles. The van der Waals surface area contributed by atoms with Gasteiger partial charge in [-0.25, -0.2) is 0 Å². The lowest BCUT2D eigenvalue weighted by atomic mass is 10.2. The van der Waals surface area contributed by atoms with Gasteiger partial charge < -0.3 is 15.5 Å². The number of aryl methyl sites for hydroxylation is 1. The second-order valence-electron chi connectivity index (χ2n) is 3.70. The van der Waals surface area contributed by atoms with Gasteiger partial charge in [0.15, 0.2) is 0 Å². The van der Waals surface area contributed by atoms with Crippen molar-refractivity contribution in [3.63, 3.8) is 0 Å². The third kappa shape index (κ3) is 5.22. The summed E-state index contributed by atoms with van der Waals surface area (Å²) in [5.41, 5.74) is 5.56. The van der Waals surface area contributed by atoms with Gasteiger partial charge in [-0.3, -0.25) is 4.79 Å². The van der Waals surface area contributed by atoms with Crippen molar-refractivity contribution in [3.8, 4) is 0 Å². The first kappa shape index (κ1) is 11.8. The van der Waals surface area contributed by atoms with Crippen LogP contribution in [0.25, 0.3) is 0 Å². The summed E-state index contributed by atoms with van der Waals surface area (Å²) < 4.78 is 5.13. The monoisotopic (exact) mass is 210 g/mol. The molecule has 1 rings (SSSR count). The lowest BCUT2D eigenvalue weighted by molar-refractivity contribution is -0.121. The summed E-state index contributed by atoms with van der Waals surface area (Å²) in [5.74, 6) is 0.893. The van der Waals surface area contributed by atoms with Crippen LogP contribution in [0.4, 0.5) is 0 Å². The number of nitrogens with one attached hydrogen (secondary N) is 1. The Labute approximate surface area is 89.8 Å². The van der Waals surface area contributed by atoms with E-state index in [0.29, 0.717) is 19.4 Å². The predicted octanol–water partition coefficient (Wildman–Crippen LogP) is 1.07. The smallest absolute Gasteiger partial charge is 0.220 e. The highest BCUT2D eigenvalue weighted by Crippen LogP contribution is 2.03. The van der Waals surface area contributed by atoms with E-state index in [1.54, 1.807) is 6.26 Å². The van der Waals surface area contributed by atoms with E-state index in [1.807, 2.05) is 19.1 Å². The van der Waals surface area contributed by atoms with Crippen LogP contribution in [0.5, 0.6) is 0 Å². The summed E-state index contributed by atoms with van der Waals surface area (Å²) in [6.45, 7) is 2.57. The number of furan rings is 1. The molecule has 84 valence electrons. The van der Waals surface area contributed by atoms with Crippen molar-refractivity contribution >= 4 is 5.91 Å². The second-order valence-corrected chi connectivity index (χ2v) is 3.70. The predicted molar refractivity (Wildman–Crippen MR) is 58.3 cm³/mol. The first-order chi connectivity index (χ1) is 7.18. The fraction of sp³-hybridized carbons (Fsp3) is 0.545. The lowest BCUT2D eigenvalue weighted by Crippen LogP contribution is -2.29. The summed E-state index contributed by atoms with van der Waals surface area (Å²) >= 11 is 0. The highest BCUT2D eigenvalue weighted by molar-refractivity contribution is 5.75. The van der Waals surface area contributed by atoms with E-state index in [0.717, 1.165) is 12.2 Å². The molecule has 1 heterocycles. The maximum absolute atomic E-state index is 11.3. The van der Waals surface area contributed by atoms with Crippen LogP contribution in [0.15, 0.2) is 22.8 Å². The zero-order valence-corrected chi connectivity index (χ0v) is 9.03.